The maximum atomic E-state index is 6.10. The average Bonchev–Trinajstić information content (AvgIpc) is 2.63. The van der Waals surface area contributed by atoms with Crippen LogP contribution in [0.3, 0.4) is 0 Å². The molecule has 0 spiro atoms. The Morgan fingerprint density at radius 3 is 2.29 bits per heavy atom. The minimum atomic E-state index is 0.487. The van der Waals surface area contributed by atoms with E-state index in [4.69, 9.17) is 5.73 Å². The molecule has 0 aromatic heterocycles. The minimum absolute atomic E-state index is 0.487. The number of hydrogen-bond donors (Lipinski definition) is 1. The Hall–Kier alpha value is -0.0800. The van der Waals surface area contributed by atoms with Gasteiger partial charge in [-0.05, 0) is 30.6 Å². The van der Waals surface area contributed by atoms with Gasteiger partial charge in [0.1, 0.15) is 0 Å². The molecule has 82 valence electrons. The molecule has 4 atom stereocenters. The highest BCUT2D eigenvalue weighted by atomic mass is 15.2. The summed E-state index contributed by atoms with van der Waals surface area (Å²) in [6.45, 7) is 8.60. The van der Waals surface area contributed by atoms with Crippen molar-refractivity contribution in [1.82, 2.24) is 4.90 Å². The van der Waals surface area contributed by atoms with E-state index in [0.717, 1.165) is 17.8 Å². The third-order valence-electron chi connectivity index (χ3n) is 4.27. The molecule has 0 aromatic rings. The first-order chi connectivity index (χ1) is 6.66. The molecule has 4 unspecified atom stereocenters. The van der Waals surface area contributed by atoms with Crippen LogP contribution in [0, 0.1) is 17.8 Å². The van der Waals surface area contributed by atoms with Gasteiger partial charge in [-0.25, -0.2) is 0 Å². The summed E-state index contributed by atoms with van der Waals surface area (Å²) in [6, 6.07) is 0.487. The molecule has 0 amide bonds. The van der Waals surface area contributed by atoms with E-state index in [0.29, 0.717) is 6.04 Å². The van der Waals surface area contributed by atoms with E-state index in [1.54, 1.807) is 0 Å². The molecule has 1 saturated heterocycles. The number of rotatable bonds is 2. The number of likely N-dealkylation sites (tertiary alicyclic amines) is 1. The van der Waals surface area contributed by atoms with Crippen molar-refractivity contribution in [3.8, 4) is 0 Å². The van der Waals surface area contributed by atoms with Crippen molar-refractivity contribution < 1.29 is 0 Å². The highest BCUT2D eigenvalue weighted by Gasteiger charge is 2.31. The molecule has 1 heterocycles. The highest BCUT2D eigenvalue weighted by molar-refractivity contribution is 4.86. The molecule has 1 aliphatic carbocycles. The first-order valence-electron chi connectivity index (χ1n) is 6.14. The van der Waals surface area contributed by atoms with Crippen LogP contribution in [0.4, 0.5) is 0 Å². The fourth-order valence-electron chi connectivity index (χ4n) is 3.02. The van der Waals surface area contributed by atoms with Crippen LogP contribution in [0.5, 0.6) is 0 Å². The van der Waals surface area contributed by atoms with Crippen LogP contribution in [0.2, 0.25) is 0 Å². The summed E-state index contributed by atoms with van der Waals surface area (Å²) in [5, 5.41) is 0. The van der Waals surface area contributed by atoms with Crippen molar-refractivity contribution in [1.29, 1.82) is 0 Å². The van der Waals surface area contributed by atoms with E-state index in [2.05, 4.69) is 18.7 Å². The maximum absolute atomic E-state index is 6.10. The summed E-state index contributed by atoms with van der Waals surface area (Å²) in [5.41, 5.74) is 6.10. The zero-order valence-corrected chi connectivity index (χ0v) is 9.58. The fourth-order valence-corrected chi connectivity index (χ4v) is 3.02. The Morgan fingerprint density at radius 2 is 1.79 bits per heavy atom. The van der Waals surface area contributed by atoms with Crippen LogP contribution in [-0.4, -0.2) is 30.6 Å². The molecule has 0 bridgehead atoms. The van der Waals surface area contributed by atoms with Gasteiger partial charge in [0, 0.05) is 25.7 Å². The molecule has 0 radical (unpaired) electrons. The highest BCUT2D eigenvalue weighted by Crippen LogP contribution is 2.28. The summed E-state index contributed by atoms with van der Waals surface area (Å²) in [7, 11) is 0. The van der Waals surface area contributed by atoms with E-state index in [1.807, 2.05) is 0 Å². The van der Waals surface area contributed by atoms with E-state index in [-0.39, 0.29) is 0 Å². The Labute approximate surface area is 87.8 Å². The van der Waals surface area contributed by atoms with Crippen LogP contribution < -0.4 is 5.73 Å². The van der Waals surface area contributed by atoms with Crippen molar-refractivity contribution in [3.63, 3.8) is 0 Å². The molecule has 2 heteroatoms. The van der Waals surface area contributed by atoms with Crippen LogP contribution in [0.25, 0.3) is 0 Å². The van der Waals surface area contributed by atoms with Crippen molar-refractivity contribution in [2.45, 2.75) is 39.2 Å². The Balaban J connectivity index is 1.81. The molecule has 2 fully saturated rings. The lowest BCUT2D eigenvalue weighted by Gasteiger charge is -2.23. The summed E-state index contributed by atoms with van der Waals surface area (Å²) >= 11 is 0. The first-order valence-corrected chi connectivity index (χ1v) is 6.14. The molecular weight excluding hydrogens is 172 g/mol. The molecule has 2 rings (SSSR count). The SMILES string of the molecule is CC1CN(CC2CCCC2N)CC1C. The second-order valence-corrected chi connectivity index (χ2v) is 5.53. The fraction of sp³-hybridized carbons (Fsp3) is 1.00. The van der Waals surface area contributed by atoms with Gasteiger partial charge in [-0.15, -0.1) is 0 Å². The van der Waals surface area contributed by atoms with E-state index in [1.165, 1.54) is 38.9 Å². The Morgan fingerprint density at radius 1 is 1.14 bits per heavy atom. The molecule has 1 saturated carbocycles. The van der Waals surface area contributed by atoms with Gasteiger partial charge in [-0.1, -0.05) is 20.3 Å². The second kappa shape index (κ2) is 4.19. The maximum Gasteiger partial charge on any atom is 0.00793 e. The zero-order valence-electron chi connectivity index (χ0n) is 9.58. The second-order valence-electron chi connectivity index (χ2n) is 5.53. The largest absolute Gasteiger partial charge is 0.327 e. The van der Waals surface area contributed by atoms with Gasteiger partial charge in [-0.3, -0.25) is 0 Å². The topological polar surface area (TPSA) is 29.3 Å². The van der Waals surface area contributed by atoms with Gasteiger partial charge in [0.05, 0.1) is 0 Å². The van der Waals surface area contributed by atoms with Gasteiger partial charge < -0.3 is 10.6 Å². The Kier molecular flexibility index (Phi) is 3.13. The normalized spacial score (nSPS) is 44.8. The Bertz CT molecular complexity index is 183. The number of nitrogens with zero attached hydrogens (tertiary/aromatic N) is 1. The van der Waals surface area contributed by atoms with Gasteiger partial charge >= 0.3 is 0 Å². The quantitative estimate of drug-likeness (QED) is 0.728. The summed E-state index contributed by atoms with van der Waals surface area (Å²) in [6.07, 6.45) is 3.97. The smallest absolute Gasteiger partial charge is 0.00793 e. The van der Waals surface area contributed by atoms with Gasteiger partial charge in [-0.2, -0.15) is 0 Å². The summed E-state index contributed by atoms with van der Waals surface area (Å²) in [5.74, 6) is 2.55. The van der Waals surface area contributed by atoms with E-state index < -0.39 is 0 Å². The predicted octanol–water partition coefficient (Wildman–Crippen LogP) is 1.70. The molecule has 2 N–H and O–H groups in total. The van der Waals surface area contributed by atoms with Gasteiger partial charge in [0.15, 0.2) is 0 Å². The van der Waals surface area contributed by atoms with E-state index in [9.17, 15) is 0 Å². The summed E-state index contributed by atoms with van der Waals surface area (Å²) in [4.78, 5) is 2.63. The monoisotopic (exact) mass is 196 g/mol. The van der Waals surface area contributed by atoms with Crippen LogP contribution >= 0.6 is 0 Å². The van der Waals surface area contributed by atoms with Crippen LogP contribution in [0.15, 0.2) is 0 Å². The van der Waals surface area contributed by atoms with Crippen molar-refractivity contribution in [2.75, 3.05) is 19.6 Å². The molecule has 0 aromatic carbocycles. The predicted molar refractivity (Wildman–Crippen MR) is 60.1 cm³/mol. The summed E-state index contributed by atoms with van der Waals surface area (Å²) < 4.78 is 0. The first kappa shape index (κ1) is 10.4. The standard InChI is InChI=1S/C12H24N2/c1-9-6-14(7-10(9)2)8-11-4-3-5-12(11)13/h9-12H,3-8,13H2,1-2H3. The van der Waals surface area contributed by atoms with Crippen molar-refractivity contribution in [3.05, 3.63) is 0 Å². The van der Waals surface area contributed by atoms with Crippen molar-refractivity contribution >= 4 is 0 Å². The van der Waals surface area contributed by atoms with Gasteiger partial charge in [0.25, 0.3) is 0 Å². The average molecular weight is 196 g/mol. The number of nitrogens with two attached hydrogens (primary N) is 1. The lowest BCUT2D eigenvalue weighted by atomic mass is 10.0. The molecule has 14 heavy (non-hydrogen) atoms. The molecular formula is C12H24N2. The lowest BCUT2D eigenvalue weighted by Crippen LogP contribution is -2.35. The van der Waals surface area contributed by atoms with Gasteiger partial charge in [0.2, 0.25) is 0 Å². The molecule has 2 aliphatic rings. The van der Waals surface area contributed by atoms with Crippen molar-refractivity contribution in [2.24, 2.45) is 23.5 Å². The van der Waals surface area contributed by atoms with Crippen LogP contribution in [0.1, 0.15) is 33.1 Å². The lowest BCUT2D eigenvalue weighted by molar-refractivity contribution is 0.257. The zero-order chi connectivity index (χ0) is 10.1. The van der Waals surface area contributed by atoms with E-state index >= 15 is 0 Å². The minimum Gasteiger partial charge on any atom is -0.327 e. The number of hydrogen-bond acceptors (Lipinski definition) is 2. The third kappa shape index (κ3) is 2.12. The molecule has 2 nitrogen and oxygen atoms in total. The molecule has 1 aliphatic heterocycles. The van der Waals surface area contributed by atoms with Crippen LogP contribution in [-0.2, 0) is 0 Å². The third-order valence-corrected chi connectivity index (χ3v) is 4.27.